The molecular weight excluding hydrogens is 264 g/mol. The lowest BCUT2D eigenvalue weighted by molar-refractivity contribution is -0.143. The Balaban J connectivity index is 1.88. The van der Waals surface area contributed by atoms with Crippen molar-refractivity contribution >= 4 is 11.8 Å². The lowest BCUT2D eigenvalue weighted by Gasteiger charge is -2.43. The molecule has 112 valence electrons. The Morgan fingerprint density at radius 3 is 2.76 bits per heavy atom. The second-order valence-corrected chi connectivity index (χ2v) is 6.24. The summed E-state index contributed by atoms with van der Waals surface area (Å²) in [6, 6.07) is 8.25. The van der Waals surface area contributed by atoms with Crippen LogP contribution in [0.1, 0.15) is 36.8 Å². The number of rotatable bonds is 2. The molecule has 0 radical (unpaired) electrons. The van der Waals surface area contributed by atoms with E-state index in [-0.39, 0.29) is 18.4 Å². The number of hydrogen-bond acceptors (Lipinski definition) is 2. The summed E-state index contributed by atoms with van der Waals surface area (Å²) in [6.07, 6.45) is 3.71. The van der Waals surface area contributed by atoms with Crippen molar-refractivity contribution in [3.05, 3.63) is 35.4 Å². The van der Waals surface area contributed by atoms with E-state index in [1.807, 2.05) is 6.07 Å². The average Bonchev–Trinajstić information content (AvgIpc) is 2.62. The fourth-order valence-electron chi connectivity index (χ4n) is 3.38. The summed E-state index contributed by atoms with van der Waals surface area (Å²) in [5.74, 6) is 0.0935. The first-order chi connectivity index (χ1) is 10.1. The van der Waals surface area contributed by atoms with Crippen molar-refractivity contribution in [1.82, 2.24) is 10.2 Å². The predicted octanol–water partition coefficient (Wildman–Crippen LogP) is 1.77. The highest BCUT2D eigenvalue weighted by Gasteiger charge is 2.47. The van der Waals surface area contributed by atoms with E-state index < -0.39 is 5.41 Å². The zero-order valence-electron chi connectivity index (χ0n) is 12.5. The van der Waals surface area contributed by atoms with Crippen LogP contribution >= 0.6 is 0 Å². The minimum Gasteiger partial charge on any atom is -0.354 e. The maximum Gasteiger partial charge on any atom is 0.239 e. The number of hydrogen-bond donors (Lipinski definition) is 1. The summed E-state index contributed by atoms with van der Waals surface area (Å²) >= 11 is 0. The van der Waals surface area contributed by atoms with Crippen LogP contribution in [0.15, 0.2) is 24.3 Å². The summed E-state index contributed by atoms with van der Waals surface area (Å²) in [7, 11) is 0. The molecule has 4 nitrogen and oxygen atoms in total. The highest BCUT2D eigenvalue weighted by atomic mass is 16.2. The molecule has 1 aliphatic heterocycles. The number of benzene rings is 1. The van der Waals surface area contributed by atoms with Crippen LogP contribution in [0.5, 0.6) is 0 Å². The minimum absolute atomic E-state index is 0.0421. The Kier molecular flexibility index (Phi) is 3.70. The summed E-state index contributed by atoms with van der Waals surface area (Å²) < 4.78 is 0. The maximum atomic E-state index is 13.1. The van der Waals surface area contributed by atoms with Crippen molar-refractivity contribution < 1.29 is 9.59 Å². The van der Waals surface area contributed by atoms with E-state index in [2.05, 4.69) is 30.4 Å². The fraction of sp³-hybridized carbons (Fsp3) is 0.529. The Morgan fingerprint density at radius 1 is 1.29 bits per heavy atom. The summed E-state index contributed by atoms with van der Waals surface area (Å²) in [5, 5.41) is 2.83. The largest absolute Gasteiger partial charge is 0.354 e. The standard InChI is InChI=1S/C17H22N2O2/c1-13-5-2-6-14(11-13)17(7-3-8-17)16(21)19-10-4-9-18-15(20)12-19/h2,5-6,11H,3-4,7-10,12H2,1H3,(H,18,20). The van der Waals surface area contributed by atoms with Gasteiger partial charge in [0.05, 0.1) is 12.0 Å². The Bertz CT molecular complexity index is 564. The molecule has 3 rings (SSSR count). The molecule has 0 spiro atoms. The molecule has 1 aromatic rings. The number of nitrogens with zero attached hydrogens (tertiary/aromatic N) is 1. The number of nitrogens with one attached hydrogen (secondary N) is 1. The number of amides is 2. The van der Waals surface area contributed by atoms with Crippen molar-refractivity contribution in [3.63, 3.8) is 0 Å². The Morgan fingerprint density at radius 2 is 2.10 bits per heavy atom. The van der Waals surface area contributed by atoms with Gasteiger partial charge in [-0.2, -0.15) is 0 Å². The molecular formula is C17H22N2O2. The molecule has 4 heteroatoms. The van der Waals surface area contributed by atoms with Gasteiger partial charge < -0.3 is 10.2 Å². The number of carbonyl (C=O) groups excluding carboxylic acids is 2. The minimum atomic E-state index is -0.392. The first-order valence-electron chi connectivity index (χ1n) is 7.75. The molecule has 1 aliphatic carbocycles. The third kappa shape index (κ3) is 2.55. The molecule has 21 heavy (non-hydrogen) atoms. The van der Waals surface area contributed by atoms with E-state index in [4.69, 9.17) is 0 Å². The Labute approximate surface area is 125 Å². The van der Waals surface area contributed by atoms with Crippen LogP contribution in [-0.4, -0.2) is 36.3 Å². The van der Waals surface area contributed by atoms with Gasteiger partial charge in [0, 0.05) is 13.1 Å². The van der Waals surface area contributed by atoms with Crippen molar-refractivity contribution in [3.8, 4) is 0 Å². The monoisotopic (exact) mass is 286 g/mol. The van der Waals surface area contributed by atoms with Crippen molar-refractivity contribution in [1.29, 1.82) is 0 Å². The zero-order valence-corrected chi connectivity index (χ0v) is 12.5. The smallest absolute Gasteiger partial charge is 0.239 e. The molecule has 0 atom stereocenters. The van der Waals surface area contributed by atoms with E-state index in [1.54, 1.807) is 4.90 Å². The van der Waals surface area contributed by atoms with Crippen molar-refractivity contribution in [2.75, 3.05) is 19.6 Å². The quantitative estimate of drug-likeness (QED) is 0.900. The maximum absolute atomic E-state index is 13.1. The van der Waals surface area contributed by atoms with Gasteiger partial charge in [-0.3, -0.25) is 9.59 Å². The van der Waals surface area contributed by atoms with E-state index in [0.717, 1.165) is 31.2 Å². The van der Waals surface area contributed by atoms with E-state index in [9.17, 15) is 9.59 Å². The van der Waals surface area contributed by atoms with Crippen LogP contribution < -0.4 is 5.32 Å². The van der Waals surface area contributed by atoms with Gasteiger partial charge in [0.15, 0.2) is 0 Å². The molecule has 0 bridgehead atoms. The van der Waals surface area contributed by atoms with Gasteiger partial charge in [-0.1, -0.05) is 36.2 Å². The van der Waals surface area contributed by atoms with Gasteiger partial charge in [-0.25, -0.2) is 0 Å². The number of aryl methyl sites for hydroxylation is 1. The van der Waals surface area contributed by atoms with Crippen molar-refractivity contribution in [2.24, 2.45) is 0 Å². The van der Waals surface area contributed by atoms with E-state index >= 15 is 0 Å². The lowest BCUT2D eigenvalue weighted by Crippen LogP contribution is -2.52. The van der Waals surface area contributed by atoms with Gasteiger partial charge in [0.2, 0.25) is 11.8 Å². The summed E-state index contributed by atoms with van der Waals surface area (Å²) in [4.78, 5) is 26.5. The first kappa shape index (κ1) is 14.1. The van der Waals surface area contributed by atoms with Crippen LogP contribution in [0.4, 0.5) is 0 Å². The summed E-state index contributed by atoms with van der Waals surface area (Å²) in [5.41, 5.74) is 1.90. The topological polar surface area (TPSA) is 49.4 Å². The van der Waals surface area contributed by atoms with E-state index in [1.165, 1.54) is 5.56 Å². The SMILES string of the molecule is Cc1cccc(C2(C(=O)N3CCCNC(=O)C3)CCC2)c1. The molecule has 1 heterocycles. The molecule has 0 unspecified atom stereocenters. The normalized spacial score (nSPS) is 21.2. The second kappa shape index (κ2) is 5.51. The molecule has 2 fully saturated rings. The van der Waals surface area contributed by atoms with E-state index in [0.29, 0.717) is 13.1 Å². The lowest BCUT2D eigenvalue weighted by atomic mass is 9.63. The van der Waals surface area contributed by atoms with Gasteiger partial charge in [-0.05, 0) is 31.7 Å². The van der Waals surface area contributed by atoms with Crippen LogP contribution in [-0.2, 0) is 15.0 Å². The summed E-state index contributed by atoms with van der Waals surface area (Å²) in [6.45, 7) is 3.59. The number of carbonyl (C=O) groups is 2. The predicted molar refractivity (Wildman–Crippen MR) is 80.9 cm³/mol. The second-order valence-electron chi connectivity index (χ2n) is 6.24. The molecule has 0 aromatic heterocycles. The third-order valence-electron chi connectivity index (χ3n) is 4.74. The van der Waals surface area contributed by atoms with Gasteiger partial charge in [-0.15, -0.1) is 0 Å². The highest BCUT2D eigenvalue weighted by molar-refractivity contribution is 5.92. The fourth-order valence-corrected chi connectivity index (χ4v) is 3.38. The van der Waals surface area contributed by atoms with Crippen LogP contribution in [0.2, 0.25) is 0 Å². The Hall–Kier alpha value is -1.84. The molecule has 2 amide bonds. The third-order valence-corrected chi connectivity index (χ3v) is 4.74. The van der Waals surface area contributed by atoms with Gasteiger partial charge in [0.25, 0.3) is 0 Å². The molecule has 1 aromatic carbocycles. The van der Waals surface area contributed by atoms with Crippen LogP contribution in [0.3, 0.4) is 0 Å². The molecule has 2 aliphatic rings. The van der Waals surface area contributed by atoms with Gasteiger partial charge in [0.1, 0.15) is 0 Å². The van der Waals surface area contributed by atoms with Gasteiger partial charge >= 0.3 is 0 Å². The zero-order chi connectivity index (χ0) is 14.9. The highest BCUT2D eigenvalue weighted by Crippen LogP contribution is 2.45. The van der Waals surface area contributed by atoms with Crippen LogP contribution in [0.25, 0.3) is 0 Å². The van der Waals surface area contributed by atoms with Crippen LogP contribution in [0, 0.1) is 6.92 Å². The molecule has 1 saturated carbocycles. The first-order valence-corrected chi connectivity index (χ1v) is 7.75. The molecule has 1 N–H and O–H groups in total. The van der Waals surface area contributed by atoms with Crippen molar-refractivity contribution in [2.45, 2.75) is 38.0 Å². The molecule has 1 saturated heterocycles. The average molecular weight is 286 g/mol.